The molecule has 0 atom stereocenters. The van der Waals surface area contributed by atoms with Crippen molar-refractivity contribution in [3.63, 3.8) is 0 Å². The number of carbonyl (C=O) groups is 3. The molecular formula is C42H51Cl3N4O6S. The van der Waals surface area contributed by atoms with Crippen LogP contribution in [0, 0.1) is 0 Å². The number of aromatic amines is 1. The van der Waals surface area contributed by atoms with Crippen LogP contribution in [0.2, 0.25) is 15.1 Å². The number of carboxylic acid groups (broad SMARTS) is 2. The second kappa shape index (κ2) is 23.4. The molecule has 0 fully saturated rings. The summed E-state index contributed by atoms with van der Waals surface area (Å²) in [7, 11) is 0. The van der Waals surface area contributed by atoms with Gasteiger partial charge in [-0.3, -0.25) is 14.7 Å². The van der Waals surface area contributed by atoms with E-state index in [1.54, 1.807) is 24.3 Å². The third-order valence-electron chi connectivity index (χ3n) is 9.38. The number of hydrogen-bond donors (Lipinski definition) is 5. The number of halogens is 3. The van der Waals surface area contributed by atoms with Gasteiger partial charge in [0.25, 0.3) is 11.5 Å². The number of unbranched alkanes of at least 4 members (excludes halogenated alkanes) is 15. The molecule has 10 nitrogen and oxygen atoms in total. The van der Waals surface area contributed by atoms with Gasteiger partial charge in [0, 0.05) is 27.7 Å². The van der Waals surface area contributed by atoms with Gasteiger partial charge in [0.15, 0.2) is 0 Å². The summed E-state index contributed by atoms with van der Waals surface area (Å²) < 4.78 is 1.11. The highest BCUT2D eigenvalue weighted by Gasteiger charge is 2.22. The van der Waals surface area contributed by atoms with Crippen molar-refractivity contribution in [3.8, 4) is 5.69 Å². The summed E-state index contributed by atoms with van der Waals surface area (Å²) in [6.45, 7) is 2.81. The second-order valence-electron chi connectivity index (χ2n) is 13.9. The van der Waals surface area contributed by atoms with Crippen molar-refractivity contribution < 1.29 is 24.6 Å². The van der Waals surface area contributed by atoms with Gasteiger partial charge in [0.05, 0.1) is 21.2 Å². The molecule has 3 aromatic carbocycles. The van der Waals surface area contributed by atoms with E-state index in [1.807, 2.05) is 0 Å². The standard InChI is InChI=1S/C42H51Cl3N4O6S/c1-2-3-4-5-6-7-8-9-10-11-12-13-14-15-16-17-21-46-39(50)28-19-18-20-33(25-28)56-37-38(47-32-23-29(41(52)53)22-30(24-32)42(54)55)48-49(40(37)51)36-34(44)26-31(43)27-35(36)45/h18-20,22-27,47-48H,2-17,21H2,1H3,(H,46,50)(H,52,53)(H,54,55). The van der Waals surface area contributed by atoms with Crippen LogP contribution in [0.25, 0.3) is 5.69 Å². The Morgan fingerprint density at radius 3 is 1.73 bits per heavy atom. The topological polar surface area (TPSA) is 154 Å². The molecule has 0 aliphatic rings. The van der Waals surface area contributed by atoms with Crippen LogP contribution in [0.4, 0.5) is 11.5 Å². The molecule has 1 amide bonds. The molecule has 0 spiro atoms. The van der Waals surface area contributed by atoms with Gasteiger partial charge in [-0.2, -0.15) is 0 Å². The summed E-state index contributed by atoms with van der Waals surface area (Å²) in [6, 6.07) is 13.2. The number of aromatic carboxylic acids is 2. The Morgan fingerprint density at radius 2 is 1.21 bits per heavy atom. The quantitative estimate of drug-likeness (QED) is 0.0413. The average molecular weight is 846 g/mol. The molecule has 4 aromatic rings. The summed E-state index contributed by atoms with van der Waals surface area (Å²) in [6.07, 6.45) is 20.5. The van der Waals surface area contributed by atoms with Crippen molar-refractivity contribution in [2.24, 2.45) is 0 Å². The van der Waals surface area contributed by atoms with Gasteiger partial charge >= 0.3 is 11.9 Å². The lowest BCUT2D eigenvalue weighted by atomic mass is 10.0. The number of carboxylic acids is 2. The fourth-order valence-corrected chi connectivity index (χ4v) is 8.33. The highest BCUT2D eigenvalue weighted by Crippen LogP contribution is 2.36. The summed E-state index contributed by atoms with van der Waals surface area (Å²) in [5, 5.41) is 28.5. The smallest absolute Gasteiger partial charge is 0.335 e. The van der Waals surface area contributed by atoms with Crippen LogP contribution in [0.1, 0.15) is 141 Å². The number of carbonyl (C=O) groups excluding carboxylic acids is 1. The molecule has 1 heterocycles. The van der Waals surface area contributed by atoms with E-state index < -0.39 is 17.5 Å². The fraction of sp³-hybridized carbons (Fsp3) is 0.429. The predicted molar refractivity (Wildman–Crippen MR) is 228 cm³/mol. The van der Waals surface area contributed by atoms with Crippen molar-refractivity contribution in [1.82, 2.24) is 15.1 Å². The van der Waals surface area contributed by atoms with E-state index in [-0.39, 0.29) is 54.2 Å². The van der Waals surface area contributed by atoms with Crippen molar-refractivity contribution in [2.75, 3.05) is 11.9 Å². The van der Waals surface area contributed by atoms with Gasteiger partial charge in [0.1, 0.15) is 16.4 Å². The first kappa shape index (κ1) is 44.8. The molecule has 5 N–H and O–H groups in total. The monoisotopic (exact) mass is 844 g/mol. The fourth-order valence-electron chi connectivity index (χ4n) is 6.39. The van der Waals surface area contributed by atoms with Crippen LogP contribution in [-0.2, 0) is 0 Å². The molecule has 0 saturated carbocycles. The molecule has 302 valence electrons. The maximum atomic E-state index is 14.0. The van der Waals surface area contributed by atoms with Gasteiger partial charge in [0.2, 0.25) is 0 Å². The van der Waals surface area contributed by atoms with Crippen LogP contribution >= 0.6 is 46.6 Å². The zero-order valence-electron chi connectivity index (χ0n) is 31.7. The predicted octanol–water partition coefficient (Wildman–Crippen LogP) is 12.4. The van der Waals surface area contributed by atoms with Crippen LogP contribution < -0.4 is 16.2 Å². The number of hydrogen-bond acceptors (Lipinski definition) is 6. The van der Waals surface area contributed by atoms with Crippen molar-refractivity contribution >= 4 is 75.9 Å². The van der Waals surface area contributed by atoms with Crippen LogP contribution in [-0.4, -0.2) is 44.4 Å². The molecule has 0 radical (unpaired) electrons. The van der Waals surface area contributed by atoms with E-state index in [0.29, 0.717) is 17.0 Å². The Hall–Kier alpha value is -3.90. The summed E-state index contributed by atoms with van der Waals surface area (Å²) in [4.78, 5) is 51.3. The van der Waals surface area contributed by atoms with Gasteiger partial charge in [-0.15, -0.1) is 0 Å². The summed E-state index contributed by atoms with van der Waals surface area (Å²) in [5.41, 5.74) is -0.495. The third kappa shape index (κ3) is 13.9. The lowest BCUT2D eigenvalue weighted by Crippen LogP contribution is -2.24. The highest BCUT2D eigenvalue weighted by atomic mass is 35.5. The maximum Gasteiger partial charge on any atom is 0.335 e. The number of benzene rings is 3. The minimum Gasteiger partial charge on any atom is -0.478 e. The van der Waals surface area contributed by atoms with Gasteiger partial charge in [-0.05, 0) is 55.0 Å². The molecule has 0 bridgehead atoms. The van der Waals surface area contributed by atoms with Crippen molar-refractivity contribution in [3.05, 3.63) is 96.7 Å². The molecular weight excluding hydrogens is 795 g/mol. The molecule has 0 unspecified atom stereocenters. The zero-order valence-corrected chi connectivity index (χ0v) is 34.8. The Morgan fingerprint density at radius 1 is 0.696 bits per heavy atom. The summed E-state index contributed by atoms with van der Waals surface area (Å²) in [5.74, 6) is -2.80. The number of amides is 1. The normalized spacial score (nSPS) is 11.1. The largest absolute Gasteiger partial charge is 0.478 e. The van der Waals surface area contributed by atoms with Gasteiger partial charge in [-0.25, -0.2) is 14.3 Å². The molecule has 14 heteroatoms. The number of nitrogens with one attached hydrogen (secondary N) is 3. The first-order chi connectivity index (χ1) is 27.0. The zero-order chi connectivity index (χ0) is 40.5. The average Bonchev–Trinajstić information content (AvgIpc) is 3.44. The number of rotatable bonds is 25. The molecule has 0 saturated heterocycles. The number of anilines is 2. The molecule has 56 heavy (non-hydrogen) atoms. The lowest BCUT2D eigenvalue weighted by molar-refractivity contribution is 0.0696. The Bertz CT molecular complexity index is 1940. The van der Waals surface area contributed by atoms with E-state index in [2.05, 4.69) is 22.7 Å². The number of H-pyrrole nitrogens is 1. The Balaban J connectivity index is 1.34. The first-order valence-electron chi connectivity index (χ1n) is 19.4. The SMILES string of the molecule is CCCCCCCCCCCCCCCCCCNC(=O)c1cccc(Sc2c(Nc3cc(C(=O)O)cc(C(=O)O)c3)[nH]n(-c3c(Cl)cc(Cl)cc3Cl)c2=O)c1. The number of aromatic nitrogens is 2. The van der Waals surface area contributed by atoms with E-state index in [0.717, 1.165) is 41.8 Å². The minimum atomic E-state index is -1.33. The second-order valence-corrected chi connectivity index (χ2v) is 16.2. The Kier molecular flexibility index (Phi) is 18.7. The lowest BCUT2D eigenvalue weighted by Gasteiger charge is -2.10. The first-order valence-corrected chi connectivity index (χ1v) is 21.4. The minimum absolute atomic E-state index is 0.0815. The summed E-state index contributed by atoms with van der Waals surface area (Å²) >= 11 is 20.1. The maximum absolute atomic E-state index is 14.0. The van der Waals surface area contributed by atoms with Crippen LogP contribution in [0.3, 0.4) is 0 Å². The van der Waals surface area contributed by atoms with E-state index in [9.17, 15) is 29.4 Å². The molecule has 4 rings (SSSR count). The molecule has 1 aromatic heterocycles. The molecule has 0 aliphatic heterocycles. The number of nitrogens with zero attached hydrogens (tertiary/aromatic N) is 1. The highest BCUT2D eigenvalue weighted by molar-refractivity contribution is 7.99. The Labute approximate surface area is 347 Å². The molecule has 0 aliphatic carbocycles. The van der Waals surface area contributed by atoms with Gasteiger partial charge in [-0.1, -0.05) is 156 Å². The van der Waals surface area contributed by atoms with Gasteiger partial charge < -0.3 is 20.8 Å². The van der Waals surface area contributed by atoms with Crippen molar-refractivity contribution in [2.45, 2.75) is 119 Å². The van der Waals surface area contributed by atoms with E-state index in [4.69, 9.17) is 34.8 Å². The van der Waals surface area contributed by atoms with E-state index in [1.165, 1.54) is 108 Å². The van der Waals surface area contributed by atoms with E-state index >= 15 is 0 Å². The van der Waals surface area contributed by atoms with Crippen LogP contribution in [0.5, 0.6) is 0 Å². The third-order valence-corrected chi connectivity index (χ3v) is 11.2. The van der Waals surface area contributed by atoms with Crippen LogP contribution in [0.15, 0.2) is 69.2 Å². The van der Waals surface area contributed by atoms with Crippen molar-refractivity contribution in [1.29, 1.82) is 0 Å².